The van der Waals surface area contributed by atoms with Gasteiger partial charge in [-0.25, -0.2) is 0 Å². The molecule has 0 aromatic heterocycles. The molecular weight excluding hydrogens is 270 g/mol. The number of carboxylic acids is 1. The van der Waals surface area contributed by atoms with Crippen LogP contribution in [0.1, 0.15) is 51.4 Å². The number of para-hydroxylation sites is 2. The van der Waals surface area contributed by atoms with E-state index in [2.05, 4.69) is 5.32 Å². The molecule has 116 valence electrons. The summed E-state index contributed by atoms with van der Waals surface area (Å²) in [5.74, 6) is -0.762. The monoisotopic (exact) mass is 293 g/mol. The highest BCUT2D eigenvalue weighted by molar-refractivity contribution is 5.92. The quantitative estimate of drug-likeness (QED) is 0.455. The number of aromatic hydroxyl groups is 1. The molecule has 0 spiro atoms. The zero-order chi connectivity index (χ0) is 15.5. The van der Waals surface area contributed by atoms with E-state index < -0.39 is 5.97 Å². The number of hydrogen-bond acceptors (Lipinski definition) is 3. The topological polar surface area (TPSA) is 86.6 Å². The first-order chi connectivity index (χ1) is 10.1. The third-order valence-corrected chi connectivity index (χ3v) is 3.22. The average Bonchev–Trinajstić information content (AvgIpc) is 2.44. The molecule has 5 heteroatoms. The zero-order valence-electron chi connectivity index (χ0n) is 12.2. The van der Waals surface area contributed by atoms with Crippen molar-refractivity contribution in [1.82, 2.24) is 0 Å². The number of rotatable bonds is 10. The van der Waals surface area contributed by atoms with Gasteiger partial charge in [0.1, 0.15) is 5.75 Å². The number of phenolic OH excluding ortho intramolecular Hbond substituents is 1. The number of carboxylic acid groups (broad SMARTS) is 1. The highest BCUT2D eigenvalue weighted by Gasteiger charge is 2.05. The van der Waals surface area contributed by atoms with Gasteiger partial charge in [0.05, 0.1) is 5.69 Å². The second-order valence-corrected chi connectivity index (χ2v) is 5.08. The lowest BCUT2D eigenvalue weighted by Gasteiger charge is -2.06. The number of unbranched alkanes of at least 4 members (excludes halogenated alkanes) is 5. The van der Waals surface area contributed by atoms with Crippen molar-refractivity contribution < 1.29 is 19.8 Å². The number of phenols is 1. The van der Waals surface area contributed by atoms with Crippen molar-refractivity contribution in [1.29, 1.82) is 0 Å². The molecule has 21 heavy (non-hydrogen) atoms. The van der Waals surface area contributed by atoms with Crippen LogP contribution in [-0.4, -0.2) is 22.1 Å². The van der Waals surface area contributed by atoms with Crippen molar-refractivity contribution in [3.05, 3.63) is 24.3 Å². The highest BCUT2D eigenvalue weighted by Crippen LogP contribution is 2.21. The molecule has 0 unspecified atom stereocenters. The lowest BCUT2D eigenvalue weighted by Crippen LogP contribution is -2.11. The smallest absolute Gasteiger partial charge is 0.303 e. The summed E-state index contributed by atoms with van der Waals surface area (Å²) in [5.41, 5.74) is 0.441. The minimum Gasteiger partial charge on any atom is -0.506 e. The molecule has 0 saturated carbocycles. The second-order valence-electron chi connectivity index (χ2n) is 5.08. The first-order valence-electron chi connectivity index (χ1n) is 7.39. The number of carbonyl (C=O) groups excluding carboxylic acids is 1. The van der Waals surface area contributed by atoms with Crippen molar-refractivity contribution in [2.75, 3.05) is 5.32 Å². The Hall–Kier alpha value is -2.04. The largest absolute Gasteiger partial charge is 0.506 e. The van der Waals surface area contributed by atoms with Gasteiger partial charge in [-0.15, -0.1) is 0 Å². The molecule has 0 saturated heterocycles. The number of aliphatic carboxylic acids is 1. The van der Waals surface area contributed by atoms with E-state index in [1.165, 1.54) is 6.07 Å². The first-order valence-corrected chi connectivity index (χ1v) is 7.39. The molecule has 0 aliphatic rings. The second kappa shape index (κ2) is 9.80. The maximum absolute atomic E-state index is 11.7. The standard InChI is InChI=1S/C16H23NO4/c18-14-10-8-7-9-13(14)17-15(19)11-5-3-1-2-4-6-12-16(20)21/h7-10,18H,1-6,11-12H2,(H,17,19)(H,20,21). The molecule has 0 aliphatic heterocycles. The Kier molecular flexibility index (Phi) is 7.94. The van der Waals surface area contributed by atoms with Gasteiger partial charge in [-0.1, -0.05) is 37.8 Å². The molecular formula is C16H23NO4. The van der Waals surface area contributed by atoms with Crippen molar-refractivity contribution >= 4 is 17.6 Å². The number of hydrogen-bond donors (Lipinski definition) is 3. The molecule has 0 heterocycles. The molecule has 1 aromatic carbocycles. The molecule has 1 amide bonds. The summed E-state index contributed by atoms with van der Waals surface area (Å²) < 4.78 is 0. The van der Waals surface area contributed by atoms with Gasteiger partial charge < -0.3 is 15.5 Å². The maximum atomic E-state index is 11.7. The SMILES string of the molecule is O=C(O)CCCCCCCCC(=O)Nc1ccccc1O. The van der Waals surface area contributed by atoms with Gasteiger partial charge in [0, 0.05) is 12.8 Å². The fourth-order valence-corrected chi connectivity index (χ4v) is 2.06. The maximum Gasteiger partial charge on any atom is 0.303 e. The Morgan fingerprint density at radius 1 is 0.905 bits per heavy atom. The summed E-state index contributed by atoms with van der Waals surface area (Å²) in [6.45, 7) is 0. The fourth-order valence-electron chi connectivity index (χ4n) is 2.06. The van der Waals surface area contributed by atoms with Crippen LogP contribution >= 0.6 is 0 Å². The lowest BCUT2D eigenvalue weighted by atomic mass is 10.1. The molecule has 0 aliphatic carbocycles. The van der Waals surface area contributed by atoms with E-state index in [9.17, 15) is 14.7 Å². The zero-order valence-corrected chi connectivity index (χ0v) is 12.2. The van der Waals surface area contributed by atoms with Crippen LogP contribution in [0.4, 0.5) is 5.69 Å². The van der Waals surface area contributed by atoms with E-state index in [0.717, 1.165) is 38.5 Å². The van der Waals surface area contributed by atoms with Gasteiger partial charge in [0.2, 0.25) is 5.91 Å². The van der Waals surface area contributed by atoms with Crippen LogP contribution in [0.15, 0.2) is 24.3 Å². The summed E-state index contributed by atoms with van der Waals surface area (Å²) in [7, 11) is 0. The summed E-state index contributed by atoms with van der Waals surface area (Å²) in [6, 6.07) is 6.66. The summed E-state index contributed by atoms with van der Waals surface area (Å²) in [6.07, 6.45) is 6.11. The predicted octanol–water partition coefficient (Wildman–Crippen LogP) is 3.54. The molecule has 0 radical (unpaired) electrons. The lowest BCUT2D eigenvalue weighted by molar-refractivity contribution is -0.137. The molecule has 1 aromatic rings. The predicted molar refractivity (Wildman–Crippen MR) is 81.3 cm³/mol. The summed E-state index contributed by atoms with van der Waals surface area (Å²) >= 11 is 0. The normalized spacial score (nSPS) is 10.3. The van der Waals surface area contributed by atoms with Gasteiger partial charge in [-0.05, 0) is 25.0 Å². The van der Waals surface area contributed by atoms with Gasteiger partial charge in [-0.2, -0.15) is 0 Å². The Labute approximate surface area is 125 Å². The molecule has 1 rings (SSSR count). The number of benzene rings is 1. The number of amides is 1. The van der Waals surface area contributed by atoms with E-state index in [-0.39, 0.29) is 18.1 Å². The van der Waals surface area contributed by atoms with Crippen LogP contribution in [0.25, 0.3) is 0 Å². The van der Waals surface area contributed by atoms with E-state index in [4.69, 9.17) is 5.11 Å². The van der Waals surface area contributed by atoms with Crippen LogP contribution in [-0.2, 0) is 9.59 Å². The fraction of sp³-hybridized carbons (Fsp3) is 0.500. The minimum atomic E-state index is -0.740. The van der Waals surface area contributed by atoms with Gasteiger partial charge in [0.15, 0.2) is 0 Å². The van der Waals surface area contributed by atoms with Crippen molar-refractivity contribution in [2.24, 2.45) is 0 Å². The van der Waals surface area contributed by atoms with E-state index >= 15 is 0 Å². The van der Waals surface area contributed by atoms with Crippen LogP contribution < -0.4 is 5.32 Å². The van der Waals surface area contributed by atoms with E-state index in [0.29, 0.717) is 12.1 Å². The molecule has 5 nitrogen and oxygen atoms in total. The van der Waals surface area contributed by atoms with Gasteiger partial charge in [0.25, 0.3) is 0 Å². The van der Waals surface area contributed by atoms with Crippen LogP contribution in [0.3, 0.4) is 0 Å². The molecule has 0 bridgehead atoms. The van der Waals surface area contributed by atoms with E-state index in [1.54, 1.807) is 18.2 Å². The number of anilines is 1. The first kappa shape index (κ1) is 17.0. The van der Waals surface area contributed by atoms with Crippen LogP contribution in [0.5, 0.6) is 5.75 Å². The van der Waals surface area contributed by atoms with Crippen LogP contribution in [0, 0.1) is 0 Å². The van der Waals surface area contributed by atoms with Gasteiger partial charge in [-0.3, -0.25) is 9.59 Å². The highest BCUT2D eigenvalue weighted by atomic mass is 16.4. The Morgan fingerprint density at radius 2 is 1.48 bits per heavy atom. The third-order valence-electron chi connectivity index (χ3n) is 3.22. The third kappa shape index (κ3) is 7.97. The average molecular weight is 293 g/mol. The minimum absolute atomic E-state index is 0.0734. The Bertz CT molecular complexity index is 459. The Morgan fingerprint density at radius 3 is 2.10 bits per heavy atom. The summed E-state index contributed by atoms with van der Waals surface area (Å²) in [4.78, 5) is 22.0. The number of nitrogens with one attached hydrogen (secondary N) is 1. The van der Waals surface area contributed by atoms with E-state index in [1.807, 2.05) is 0 Å². The van der Waals surface area contributed by atoms with Crippen molar-refractivity contribution in [2.45, 2.75) is 51.4 Å². The molecule has 3 N–H and O–H groups in total. The van der Waals surface area contributed by atoms with Gasteiger partial charge >= 0.3 is 5.97 Å². The molecule has 0 atom stereocenters. The van der Waals surface area contributed by atoms with Crippen molar-refractivity contribution in [3.8, 4) is 5.75 Å². The Balaban J connectivity index is 2.04. The van der Waals surface area contributed by atoms with Crippen LogP contribution in [0.2, 0.25) is 0 Å². The number of carbonyl (C=O) groups is 2. The van der Waals surface area contributed by atoms with Crippen molar-refractivity contribution in [3.63, 3.8) is 0 Å². The summed E-state index contributed by atoms with van der Waals surface area (Å²) in [5, 5.41) is 20.7. The molecule has 0 fully saturated rings.